The van der Waals surface area contributed by atoms with Gasteiger partial charge in [-0.3, -0.25) is 4.79 Å². The smallest absolute Gasteiger partial charge is 0.407 e. The number of alkyl carbamates (subject to hydrolysis) is 1. The van der Waals surface area contributed by atoms with E-state index in [0.29, 0.717) is 0 Å². The quantitative estimate of drug-likeness (QED) is 0.504. The predicted molar refractivity (Wildman–Crippen MR) is 117 cm³/mol. The molecule has 2 amide bonds. The van der Waals surface area contributed by atoms with E-state index in [-0.39, 0.29) is 25.5 Å². The molecule has 0 heterocycles. The molecule has 0 aromatic heterocycles. The Morgan fingerprint density at radius 1 is 1.03 bits per heavy atom. The molecule has 0 aliphatic heterocycles. The highest BCUT2D eigenvalue weighted by Gasteiger charge is 2.36. The van der Waals surface area contributed by atoms with Crippen molar-refractivity contribution in [2.24, 2.45) is 5.92 Å². The predicted octanol–water partition coefficient (Wildman–Crippen LogP) is 4.07. The number of carboxylic acid groups (broad SMARTS) is 1. The lowest BCUT2D eigenvalue weighted by Crippen LogP contribution is -2.44. The Balaban J connectivity index is 1.46. The zero-order chi connectivity index (χ0) is 24.9. The molecule has 1 aliphatic rings. The number of carbonyl (C=O) groups excluding carboxylic acids is 2. The number of ether oxygens (including phenoxy) is 1. The standard InChI is InChI=1S/C24H25F3N2O5/c1-14(10-21(30)29-20(22(31)32)11-24(25,26)27)12-28-23(33)34-13-19-17-8-4-2-6-15(17)16-7-3-5-9-18(16)19/h2-9,14,19-20H,10-13H2,1H3,(H,28,33)(H,29,30)(H,31,32). The van der Waals surface area contributed by atoms with Crippen LogP contribution in [0.3, 0.4) is 0 Å². The summed E-state index contributed by atoms with van der Waals surface area (Å²) in [6.07, 6.45) is -7.34. The number of halogens is 3. The molecule has 2 aromatic carbocycles. The zero-order valence-electron chi connectivity index (χ0n) is 18.4. The molecule has 0 saturated heterocycles. The average molecular weight is 478 g/mol. The Morgan fingerprint density at radius 2 is 1.59 bits per heavy atom. The lowest BCUT2D eigenvalue weighted by atomic mass is 9.98. The van der Waals surface area contributed by atoms with Crippen LogP contribution in [-0.4, -0.2) is 48.4 Å². The number of carboxylic acids is 1. The van der Waals surface area contributed by atoms with Gasteiger partial charge in [0.25, 0.3) is 0 Å². The van der Waals surface area contributed by atoms with Crippen LogP contribution in [0.2, 0.25) is 0 Å². The number of hydrogen-bond acceptors (Lipinski definition) is 4. The van der Waals surface area contributed by atoms with Gasteiger partial charge in [-0.2, -0.15) is 13.2 Å². The maximum Gasteiger partial charge on any atom is 0.407 e. The minimum Gasteiger partial charge on any atom is -0.480 e. The number of fused-ring (bicyclic) bond motifs is 3. The average Bonchev–Trinajstić information content (AvgIpc) is 3.08. The van der Waals surface area contributed by atoms with Gasteiger partial charge in [0, 0.05) is 18.9 Å². The molecule has 0 radical (unpaired) electrons. The molecular formula is C24H25F3N2O5. The number of amides is 2. The van der Waals surface area contributed by atoms with E-state index in [2.05, 4.69) is 5.32 Å². The van der Waals surface area contributed by atoms with Crippen LogP contribution in [0.1, 0.15) is 36.8 Å². The molecule has 0 saturated carbocycles. The van der Waals surface area contributed by atoms with E-state index in [1.807, 2.05) is 53.8 Å². The van der Waals surface area contributed by atoms with Gasteiger partial charge in [-0.05, 0) is 28.2 Å². The Labute approximate surface area is 194 Å². The van der Waals surface area contributed by atoms with Crippen LogP contribution in [0, 0.1) is 5.92 Å². The SMILES string of the molecule is CC(CNC(=O)OCC1c2ccccc2-c2ccccc21)CC(=O)NC(CC(F)(F)F)C(=O)O. The van der Waals surface area contributed by atoms with E-state index in [1.165, 1.54) is 0 Å². The normalized spacial score (nSPS) is 14.5. The molecular weight excluding hydrogens is 453 g/mol. The monoisotopic (exact) mass is 478 g/mol. The van der Waals surface area contributed by atoms with Crippen LogP contribution in [0.5, 0.6) is 0 Å². The second kappa shape index (κ2) is 10.6. The van der Waals surface area contributed by atoms with Gasteiger partial charge in [-0.25, -0.2) is 9.59 Å². The van der Waals surface area contributed by atoms with Crippen molar-refractivity contribution in [3.05, 3.63) is 59.7 Å². The Hall–Kier alpha value is -3.56. The molecule has 0 spiro atoms. The maximum absolute atomic E-state index is 12.5. The Morgan fingerprint density at radius 3 is 2.12 bits per heavy atom. The zero-order valence-corrected chi connectivity index (χ0v) is 18.4. The number of alkyl halides is 3. The van der Waals surface area contributed by atoms with Gasteiger partial charge < -0.3 is 20.5 Å². The van der Waals surface area contributed by atoms with Gasteiger partial charge in [0.1, 0.15) is 12.6 Å². The molecule has 0 fully saturated rings. The fourth-order valence-electron chi connectivity index (χ4n) is 3.98. The first kappa shape index (κ1) is 25.1. The molecule has 34 heavy (non-hydrogen) atoms. The molecule has 3 rings (SSSR count). The third kappa shape index (κ3) is 6.49. The van der Waals surface area contributed by atoms with Crippen molar-refractivity contribution in [3.8, 4) is 11.1 Å². The van der Waals surface area contributed by atoms with E-state index in [0.717, 1.165) is 22.3 Å². The van der Waals surface area contributed by atoms with Crippen molar-refractivity contribution >= 4 is 18.0 Å². The van der Waals surface area contributed by atoms with E-state index in [4.69, 9.17) is 9.84 Å². The van der Waals surface area contributed by atoms with Crippen molar-refractivity contribution in [2.75, 3.05) is 13.2 Å². The summed E-state index contributed by atoms with van der Waals surface area (Å²) >= 11 is 0. The summed E-state index contributed by atoms with van der Waals surface area (Å²) in [4.78, 5) is 35.1. The van der Waals surface area contributed by atoms with Gasteiger partial charge in [0.2, 0.25) is 5.91 Å². The van der Waals surface area contributed by atoms with Crippen LogP contribution >= 0.6 is 0 Å². The summed E-state index contributed by atoms with van der Waals surface area (Å²) in [6.45, 7) is 1.75. The summed E-state index contributed by atoms with van der Waals surface area (Å²) in [5.41, 5.74) is 4.32. The molecule has 7 nitrogen and oxygen atoms in total. The Bertz CT molecular complexity index is 1010. The van der Waals surface area contributed by atoms with Gasteiger partial charge >= 0.3 is 18.2 Å². The number of nitrogens with one attached hydrogen (secondary N) is 2. The van der Waals surface area contributed by atoms with E-state index in [9.17, 15) is 27.6 Å². The first-order valence-electron chi connectivity index (χ1n) is 10.7. The van der Waals surface area contributed by atoms with E-state index < -0.39 is 42.5 Å². The van der Waals surface area contributed by atoms with Crippen molar-refractivity contribution in [1.82, 2.24) is 10.6 Å². The topological polar surface area (TPSA) is 105 Å². The van der Waals surface area contributed by atoms with Crippen molar-refractivity contribution in [2.45, 2.75) is 37.9 Å². The molecule has 10 heteroatoms. The third-order valence-electron chi connectivity index (χ3n) is 5.54. The van der Waals surface area contributed by atoms with Gasteiger partial charge in [0.05, 0.1) is 6.42 Å². The first-order chi connectivity index (χ1) is 16.0. The largest absolute Gasteiger partial charge is 0.480 e. The number of benzene rings is 2. The summed E-state index contributed by atoms with van der Waals surface area (Å²) in [7, 11) is 0. The minimum atomic E-state index is -4.73. The highest BCUT2D eigenvalue weighted by molar-refractivity contribution is 5.83. The van der Waals surface area contributed by atoms with Crippen molar-refractivity contribution in [3.63, 3.8) is 0 Å². The highest BCUT2D eigenvalue weighted by Crippen LogP contribution is 2.44. The Kier molecular flexibility index (Phi) is 7.80. The number of hydrogen-bond donors (Lipinski definition) is 3. The second-order valence-electron chi connectivity index (χ2n) is 8.29. The molecule has 2 unspecified atom stereocenters. The van der Waals surface area contributed by atoms with Gasteiger partial charge in [-0.15, -0.1) is 0 Å². The summed E-state index contributed by atoms with van der Waals surface area (Å²) < 4.78 is 42.8. The van der Waals surface area contributed by atoms with Crippen LogP contribution in [0.15, 0.2) is 48.5 Å². The first-order valence-corrected chi connectivity index (χ1v) is 10.7. The molecule has 1 aliphatic carbocycles. The van der Waals surface area contributed by atoms with Crippen molar-refractivity contribution < 1.29 is 37.4 Å². The molecule has 182 valence electrons. The molecule has 0 bridgehead atoms. The maximum atomic E-state index is 12.5. The summed E-state index contributed by atoms with van der Waals surface area (Å²) in [5.74, 6) is -3.18. The minimum absolute atomic E-state index is 0.0289. The van der Waals surface area contributed by atoms with Gasteiger partial charge in [-0.1, -0.05) is 55.5 Å². The van der Waals surface area contributed by atoms with Crippen LogP contribution < -0.4 is 10.6 Å². The van der Waals surface area contributed by atoms with E-state index >= 15 is 0 Å². The number of aliphatic carboxylic acids is 1. The van der Waals surface area contributed by atoms with Crippen LogP contribution in [-0.2, 0) is 14.3 Å². The lowest BCUT2D eigenvalue weighted by molar-refractivity contribution is -0.160. The number of rotatable bonds is 9. The highest BCUT2D eigenvalue weighted by atomic mass is 19.4. The van der Waals surface area contributed by atoms with E-state index in [1.54, 1.807) is 6.92 Å². The lowest BCUT2D eigenvalue weighted by Gasteiger charge is -2.18. The fraction of sp³-hybridized carbons (Fsp3) is 0.375. The third-order valence-corrected chi connectivity index (χ3v) is 5.54. The second-order valence-corrected chi connectivity index (χ2v) is 8.29. The molecule has 3 N–H and O–H groups in total. The molecule has 2 aromatic rings. The van der Waals surface area contributed by atoms with Crippen LogP contribution in [0.4, 0.5) is 18.0 Å². The fourth-order valence-corrected chi connectivity index (χ4v) is 3.98. The van der Waals surface area contributed by atoms with Crippen LogP contribution in [0.25, 0.3) is 11.1 Å². The van der Waals surface area contributed by atoms with Crippen molar-refractivity contribution in [1.29, 1.82) is 0 Å². The number of carbonyl (C=O) groups is 3. The summed E-state index contributed by atoms with van der Waals surface area (Å²) in [5, 5.41) is 13.3. The van der Waals surface area contributed by atoms with Gasteiger partial charge in [0.15, 0.2) is 0 Å². The molecule has 2 atom stereocenters. The summed E-state index contributed by atoms with van der Waals surface area (Å²) in [6, 6.07) is 13.7.